The van der Waals surface area contributed by atoms with Gasteiger partial charge in [0.2, 0.25) is 11.2 Å². The van der Waals surface area contributed by atoms with Crippen LogP contribution in [0.3, 0.4) is 0 Å². The first-order chi connectivity index (χ1) is 16.5. The summed E-state index contributed by atoms with van der Waals surface area (Å²) in [6.45, 7) is 6.42. The number of carbonyl (C=O) groups excluding carboxylic acids is 1. The van der Waals surface area contributed by atoms with Crippen LogP contribution in [0.5, 0.6) is 17.2 Å². The molecule has 4 rings (SSSR count). The van der Waals surface area contributed by atoms with E-state index in [1.165, 1.54) is 12.8 Å². The Labute approximate surface area is 198 Å². The topological polar surface area (TPSA) is 89.2 Å². The van der Waals surface area contributed by atoms with E-state index >= 15 is 0 Å². The number of carbonyl (C=O) groups is 1. The average molecular weight is 466 g/mol. The molecular formula is C27H31NO6. The normalized spacial score (nSPS) is 14.6. The molecule has 34 heavy (non-hydrogen) atoms. The van der Waals surface area contributed by atoms with Crippen molar-refractivity contribution in [2.45, 2.75) is 52.5 Å². The van der Waals surface area contributed by atoms with Crippen molar-refractivity contribution in [3.8, 4) is 17.2 Å². The van der Waals surface area contributed by atoms with Gasteiger partial charge in [0.05, 0.1) is 23.1 Å². The summed E-state index contributed by atoms with van der Waals surface area (Å²) in [7, 11) is 0. The Morgan fingerprint density at radius 2 is 1.76 bits per heavy atom. The van der Waals surface area contributed by atoms with E-state index < -0.39 is 5.97 Å². The SMILES string of the molecule is CCCOC(=O)c1ccc(Oc2c(C)oc3c(CN4CCCCCC4)c(O)ccc3c2=O)cc1. The lowest BCUT2D eigenvalue weighted by atomic mass is 10.1. The smallest absolute Gasteiger partial charge is 0.338 e. The minimum atomic E-state index is -0.397. The van der Waals surface area contributed by atoms with E-state index in [1.807, 2.05) is 6.92 Å². The maximum atomic E-state index is 13.3. The Balaban J connectivity index is 1.62. The fraction of sp³-hybridized carbons (Fsp3) is 0.407. The molecule has 0 spiro atoms. The predicted octanol–water partition coefficient (Wildman–Crippen LogP) is 5.54. The van der Waals surface area contributed by atoms with Gasteiger partial charge in [0.25, 0.3) is 0 Å². The van der Waals surface area contributed by atoms with Crippen molar-refractivity contribution in [2.24, 2.45) is 0 Å². The molecule has 2 heterocycles. The highest BCUT2D eigenvalue weighted by Gasteiger charge is 2.21. The Bertz CT molecular complexity index is 1210. The number of likely N-dealkylation sites (tertiary alicyclic amines) is 1. The lowest BCUT2D eigenvalue weighted by Crippen LogP contribution is -2.24. The number of rotatable bonds is 7. The molecule has 1 aromatic heterocycles. The largest absolute Gasteiger partial charge is 0.507 e. The standard InChI is InChI=1S/C27H31NO6/c1-3-16-32-27(31)19-8-10-20(11-9-19)34-25-18(2)33-26-21(24(25)30)12-13-23(29)22(26)17-28-14-6-4-5-7-15-28/h8-13,29H,3-7,14-17H2,1-2H3. The van der Waals surface area contributed by atoms with Crippen molar-refractivity contribution in [1.82, 2.24) is 4.90 Å². The van der Waals surface area contributed by atoms with Crippen molar-refractivity contribution in [3.63, 3.8) is 0 Å². The van der Waals surface area contributed by atoms with E-state index in [0.717, 1.165) is 32.4 Å². The molecule has 0 aliphatic carbocycles. The molecule has 0 atom stereocenters. The van der Waals surface area contributed by atoms with Gasteiger partial charge in [-0.3, -0.25) is 9.69 Å². The second kappa shape index (κ2) is 10.7. The monoisotopic (exact) mass is 465 g/mol. The molecule has 1 aliphatic rings. The maximum absolute atomic E-state index is 13.3. The molecule has 0 saturated carbocycles. The molecule has 1 fully saturated rings. The minimum absolute atomic E-state index is 0.0835. The molecule has 7 heteroatoms. The van der Waals surface area contributed by atoms with Gasteiger partial charge in [-0.25, -0.2) is 4.79 Å². The first kappa shape index (κ1) is 23.8. The molecule has 180 valence electrons. The number of ether oxygens (including phenoxy) is 2. The lowest BCUT2D eigenvalue weighted by Gasteiger charge is -2.21. The van der Waals surface area contributed by atoms with Crippen LogP contribution in [0.25, 0.3) is 11.0 Å². The van der Waals surface area contributed by atoms with Crippen LogP contribution in [0.15, 0.2) is 45.6 Å². The second-order valence-electron chi connectivity index (χ2n) is 8.71. The van der Waals surface area contributed by atoms with E-state index in [-0.39, 0.29) is 16.9 Å². The minimum Gasteiger partial charge on any atom is -0.507 e. The lowest BCUT2D eigenvalue weighted by molar-refractivity contribution is 0.0505. The first-order valence-corrected chi connectivity index (χ1v) is 11.9. The van der Waals surface area contributed by atoms with Gasteiger partial charge in [-0.1, -0.05) is 19.8 Å². The number of esters is 1. The molecule has 0 radical (unpaired) electrons. The molecule has 1 N–H and O–H groups in total. The van der Waals surface area contributed by atoms with Crippen LogP contribution in [0.4, 0.5) is 0 Å². The Kier molecular flexibility index (Phi) is 7.53. The van der Waals surface area contributed by atoms with Crippen LogP contribution in [-0.4, -0.2) is 35.7 Å². The molecular weight excluding hydrogens is 434 g/mol. The maximum Gasteiger partial charge on any atom is 0.338 e. The van der Waals surface area contributed by atoms with Gasteiger partial charge in [-0.2, -0.15) is 0 Å². The number of hydrogen-bond donors (Lipinski definition) is 1. The fourth-order valence-corrected chi connectivity index (χ4v) is 4.24. The Morgan fingerprint density at radius 3 is 2.44 bits per heavy atom. The van der Waals surface area contributed by atoms with Crippen molar-refractivity contribution >= 4 is 16.9 Å². The molecule has 0 amide bonds. The summed E-state index contributed by atoms with van der Waals surface area (Å²) in [5, 5.41) is 10.9. The zero-order valence-electron chi connectivity index (χ0n) is 19.8. The molecule has 1 saturated heterocycles. The summed E-state index contributed by atoms with van der Waals surface area (Å²) >= 11 is 0. The van der Waals surface area contributed by atoms with Gasteiger partial charge >= 0.3 is 5.97 Å². The zero-order valence-corrected chi connectivity index (χ0v) is 19.8. The van der Waals surface area contributed by atoms with Crippen molar-refractivity contribution < 1.29 is 23.8 Å². The van der Waals surface area contributed by atoms with Gasteiger partial charge in [0.1, 0.15) is 22.8 Å². The molecule has 3 aromatic rings. The van der Waals surface area contributed by atoms with Gasteiger partial charge in [0, 0.05) is 6.54 Å². The van der Waals surface area contributed by atoms with E-state index in [4.69, 9.17) is 13.9 Å². The summed E-state index contributed by atoms with van der Waals surface area (Å²) < 4.78 is 17.1. The summed E-state index contributed by atoms with van der Waals surface area (Å²) in [6.07, 6.45) is 5.44. The van der Waals surface area contributed by atoms with Gasteiger partial charge in [-0.05, 0) is 75.7 Å². The number of hydrogen-bond acceptors (Lipinski definition) is 7. The number of aryl methyl sites for hydroxylation is 1. The third-order valence-corrected chi connectivity index (χ3v) is 6.09. The van der Waals surface area contributed by atoms with Crippen LogP contribution in [0.1, 0.15) is 60.7 Å². The summed E-state index contributed by atoms with van der Waals surface area (Å²) in [4.78, 5) is 27.6. The number of phenolic OH excluding ortho intramolecular Hbond substituents is 1. The highest BCUT2D eigenvalue weighted by molar-refractivity contribution is 5.89. The third kappa shape index (κ3) is 5.25. The number of aromatic hydroxyl groups is 1. The highest BCUT2D eigenvalue weighted by Crippen LogP contribution is 2.32. The number of nitrogens with zero attached hydrogens (tertiary/aromatic N) is 1. The van der Waals surface area contributed by atoms with E-state index in [0.29, 0.717) is 46.8 Å². The number of fused-ring (bicyclic) bond motifs is 1. The summed E-state index contributed by atoms with van der Waals surface area (Å²) in [6, 6.07) is 9.55. The summed E-state index contributed by atoms with van der Waals surface area (Å²) in [5.41, 5.74) is 1.13. The average Bonchev–Trinajstić information content (AvgIpc) is 3.11. The Morgan fingerprint density at radius 1 is 1.06 bits per heavy atom. The van der Waals surface area contributed by atoms with Crippen LogP contribution < -0.4 is 10.2 Å². The van der Waals surface area contributed by atoms with Gasteiger partial charge in [-0.15, -0.1) is 0 Å². The van der Waals surface area contributed by atoms with E-state index in [9.17, 15) is 14.7 Å². The Hall–Kier alpha value is -3.32. The quantitative estimate of drug-likeness (QED) is 0.458. The van der Waals surface area contributed by atoms with E-state index in [2.05, 4.69) is 4.90 Å². The molecule has 2 aromatic carbocycles. The first-order valence-electron chi connectivity index (χ1n) is 11.9. The molecule has 7 nitrogen and oxygen atoms in total. The molecule has 1 aliphatic heterocycles. The highest BCUT2D eigenvalue weighted by atomic mass is 16.5. The number of phenols is 1. The van der Waals surface area contributed by atoms with Crippen LogP contribution >= 0.6 is 0 Å². The van der Waals surface area contributed by atoms with Crippen LogP contribution in [0.2, 0.25) is 0 Å². The van der Waals surface area contributed by atoms with Crippen molar-refractivity contribution in [3.05, 3.63) is 63.5 Å². The molecule has 0 unspecified atom stereocenters. The second-order valence-corrected chi connectivity index (χ2v) is 8.71. The zero-order chi connectivity index (χ0) is 24.1. The van der Waals surface area contributed by atoms with Crippen molar-refractivity contribution in [1.29, 1.82) is 0 Å². The third-order valence-electron chi connectivity index (χ3n) is 6.09. The van der Waals surface area contributed by atoms with Crippen molar-refractivity contribution in [2.75, 3.05) is 19.7 Å². The molecule has 0 bridgehead atoms. The van der Waals surface area contributed by atoms with Gasteiger partial charge in [0.15, 0.2) is 0 Å². The van der Waals surface area contributed by atoms with Crippen LogP contribution in [0, 0.1) is 6.92 Å². The van der Waals surface area contributed by atoms with E-state index in [1.54, 1.807) is 43.3 Å². The fourth-order valence-electron chi connectivity index (χ4n) is 4.24. The number of benzene rings is 2. The van der Waals surface area contributed by atoms with Crippen LogP contribution in [-0.2, 0) is 11.3 Å². The van der Waals surface area contributed by atoms with Gasteiger partial charge < -0.3 is 19.0 Å². The predicted molar refractivity (Wildman–Crippen MR) is 130 cm³/mol. The summed E-state index contributed by atoms with van der Waals surface area (Å²) in [5.74, 6) is 0.544.